The molecule has 1 heterocycles. The zero-order valence-corrected chi connectivity index (χ0v) is 14.4. The molecule has 0 saturated carbocycles. The van der Waals surface area contributed by atoms with Gasteiger partial charge < -0.3 is 9.96 Å². The first-order chi connectivity index (χ1) is 6.57. The Morgan fingerprint density at radius 1 is 0.933 bits per heavy atom. The van der Waals surface area contributed by atoms with Crippen LogP contribution in [0.1, 0.15) is 0 Å². The van der Waals surface area contributed by atoms with Gasteiger partial charge in [-0.3, -0.25) is 0 Å². The molecule has 88 valence electrons. The van der Waals surface area contributed by atoms with Gasteiger partial charge in [-0.1, -0.05) is 39.3 Å². The molecule has 0 aliphatic carbocycles. The minimum Gasteiger partial charge on any atom is -0.388 e. The average molecular weight is 279 g/mol. The topological polar surface area (TPSA) is 24.1 Å². The Kier molecular flexibility index (Phi) is 3.51. The summed E-state index contributed by atoms with van der Waals surface area (Å²) in [6.45, 7) is 14.6. The van der Waals surface area contributed by atoms with E-state index in [0.29, 0.717) is 4.79 Å². The van der Waals surface area contributed by atoms with Gasteiger partial charge in [-0.2, -0.15) is 0 Å². The molecule has 0 spiro atoms. The van der Waals surface area contributed by atoms with Crippen molar-refractivity contribution in [1.82, 2.24) is 9.96 Å². The molecular formula is C9H23ClN2Si3. The second kappa shape index (κ2) is 3.94. The predicted octanol–water partition coefficient (Wildman–Crippen LogP) is 2.95. The summed E-state index contributed by atoms with van der Waals surface area (Å²) in [6, 6.07) is 0. The highest BCUT2D eigenvalue weighted by Gasteiger charge is 2.54. The first kappa shape index (κ1) is 13.3. The van der Waals surface area contributed by atoms with Crippen LogP contribution in [0.4, 0.5) is 0 Å². The molecule has 6 heteroatoms. The molecule has 0 radical (unpaired) electrons. The van der Waals surface area contributed by atoms with E-state index in [4.69, 9.17) is 11.1 Å². The van der Waals surface area contributed by atoms with Gasteiger partial charge in [0.05, 0.1) is 0 Å². The van der Waals surface area contributed by atoms with E-state index in [2.05, 4.69) is 49.2 Å². The molecule has 0 aromatic carbocycles. The van der Waals surface area contributed by atoms with Crippen molar-refractivity contribution in [3.8, 4) is 0 Å². The molecule has 0 bridgehead atoms. The molecular weight excluding hydrogens is 256 g/mol. The van der Waals surface area contributed by atoms with Crippen LogP contribution in [0.25, 0.3) is 0 Å². The number of hydrogen-bond donors (Lipinski definition) is 2. The lowest BCUT2D eigenvalue weighted by atomic mass is 11.0. The van der Waals surface area contributed by atoms with E-state index < -0.39 is 23.9 Å². The molecule has 0 atom stereocenters. The number of halogens is 1. The van der Waals surface area contributed by atoms with Gasteiger partial charge in [0.1, 0.15) is 0 Å². The summed E-state index contributed by atoms with van der Waals surface area (Å²) in [6.07, 6.45) is 3.96. The van der Waals surface area contributed by atoms with E-state index in [1.54, 1.807) is 0 Å². The maximum absolute atomic E-state index is 6.83. The van der Waals surface area contributed by atoms with E-state index >= 15 is 0 Å². The fraction of sp³-hybridized carbons (Fsp3) is 0.778. The Bertz CT molecular complexity index is 246. The van der Waals surface area contributed by atoms with Crippen LogP contribution in [0.3, 0.4) is 0 Å². The van der Waals surface area contributed by atoms with E-state index in [1.807, 2.05) is 12.4 Å². The van der Waals surface area contributed by atoms with E-state index in [9.17, 15) is 0 Å². The largest absolute Gasteiger partial charge is 0.388 e. The molecule has 2 N–H and O–H groups in total. The lowest BCUT2D eigenvalue weighted by molar-refractivity contribution is 1.18. The Morgan fingerprint density at radius 2 is 1.27 bits per heavy atom. The minimum absolute atomic E-state index is 0.717. The summed E-state index contributed by atoms with van der Waals surface area (Å²) in [5, 5.41) is 0. The number of nitrogens with one attached hydrogen (secondary N) is 2. The third-order valence-corrected chi connectivity index (χ3v) is 23.6. The van der Waals surface area contributed by atoms with Crippen LogP contribution in [0.15, 0.2) is 12.4 Å². The van der Waals surface area contributed by atoms with Crippen LogP contribution >= 0.6 is 11.1 Å². The highest BCUT2D eigenvalue weighted by molar-refractivity contribution is 7.30. The Hall–Kier alpha value is 0.281. The van der Waals surface area contributed by atoms with Crippen molar-refractivity contribution in [3.63, 3.8) is 0 Å². The molecule has 15 heavy (non-hydrogen) atoms. The quantitative estimate of drug-likeness (QED) is 0.613. The molecule has 0 amide bonds. The fourth-order valence-corrected chi connectivity index (χ4v) is 31.3. The molecule has 1 aliphatic heterocycles. The third-order valence-electron chi connectivity index (χ3n) is 2.80. The summed E-state index contributed by atoms with van der Waals surface area (Å²) < 4.78 is 0. The van der Waals surface area contributed by atoms with Gasteiger partial charge in [-0.05, 0) is 4.79 Å². The van der Waals surface area contributed by atoms with Crippen LogP contribution in [0.5, 0.6) is 0 Å². The summed E-state index contributed by atoms with van der Waals surface area (Å²) in [4.78, 5) is 7.57. The van der Waals surface area contributed by atoms with Crippen LogP contribution in [0, 0.1) is 0 Å². The molecule has 0 fully saturated rings. The van der Waals surface area contributed by atoms with Crippen LogP contribution < -0.4 is 9.96 Å². The van der Waals surface area contributed by atoms with Gasteiger partial charge >= 0.3 is 7.71 Å². The normalized spacial score (nSPS) is 20.3. The lowest BCUT2D eigenvalue weighted by Crippen LogP contribution is -2.66. The van der Waals surface area contributed by atoms with Crippen LogP contribution in [-0.4, -0.2) is 23.9 Å². The van der Waals surface area contributed by atoms with Gasteiger partial charge in [-0.25, -0.2) is 0 Å². The smallest absolute Gasteiger partial charge is 0.357 e. The molecule has 0 aromatic rings. The summed E-state index contributed by atoms with van der Waals surface area (Å²) in [7, 11) is -4.47. The second-order valence-electron chi connectivity index (χ2n) is 6.50. The maximum atomic E-state index is 6.83. The third kappa shape index (κ3) is 2.89. The van der Waals surface area contributed by atoms with Crippen molar-refractivity contribution in [2.45, 2.75) is 44.1 Å². The van der Waals surface area contributed by atoms with E-state index in [-0.39, 0.29) is 0 Å². The SMILES string of the molecule is C[Si](C)(C)C([Si](C)(C)C)[Si]1(Cl)NC=CN1. The van der Waals surface area contributed by atoms with Crippen LogP contribution in [0.2, 0.25) is 44.1 Å². The van der Waals surface area contributed by atoms with Crippen molar-refractivity contribution in [2.75, 3.05) is 0 Å². The van der Waals surface area contributed by atoms with Crippen molar-refractivity contribution < 1.29 is 0 Å². The van der Waals surface area contributed by atoms with Crippen molar-refractivity contribution in [3.05, 3.63) is 12.4 Å². The molecule has 1 rings (SSSR count). The van der Waals surface area contributed by atoms with Gasteiger partial charge in [-0.15, -0.1) is 11.1 Å². The average Bonchev–Trinajstić information content (AvgIpc) is 2.27. The molecule has 0 aromatic heterocycles. The Labute approximate surface area is 101 Å². The zero-order valence-electron chi connectivity index (χ0n) is 10.6. The van der Waals surface area contributed by atoms with Crippen molar-refractivity contribution in [1.29, 1.82) is 0 Å². The molecule has 2 nitrogen and oxygen atoms in total. The first-order valence-electron chi connectivity index (χ1n) is 5.47. The first-order valence-corrected chi connectivity index (χ1v) is 15.7. The van der Waals surface area contributed by atoms with Gasteiger partial charge in [0.2, 0.25) is 0 Å². The maximum Gasteiger partial charge on any atom is 0.357 e. The highest BCUT2D eigenvalue weighted by Crippen LogP contribution is 2.40. The van der Waals surface area contributed by atoms with E-state index in [1.165, 1.54) is 0 Å². The number of rotatable bonds is 3. The van der Waals surface area contributed by atoms with Gasteiger partial charge in [0.25, 0.3) is 0 Å². The molecule has 0 unspecified atom stereocenters. The molecule has 0 saturated heterocycles. The van der Waals surface area contributed by atoms with Gasteiger partial charge in [0, 0.05) is 28.5 Å². The lowest BCUT2D eigenvalue weighted by Gasteiger charge is -2.44. The summed E-state index contributed by atoms with van der Waals surface area (Å²) in [5.41, 5.74) is 0. The standard InChI is InChI=1S/C9H23ClN2Si3/c1-13(2,3)9(14(4,5)6)15(10)11-7-8-12-15/h7-9,11-12H,1-6H3. The minimum atomic E-state index is -2.00. The van der Waals surface area contributed by atoms with Crippen molar-refractivity contribution in [2.24, 2.45) is 0 Å². The fourth-order valence-electron chi connectivity index (χ4n) is 3.03. The highest BCUT2D eigenvalue weighted by atomic mass is 35.6. The summed E-state index contributed by atoms with van der Waals surface area (Å²) >= 11 is 6.83. The van der Waals surface area contributed by atoms with Crippen LogP contribution in [-0.2, 0) is 0 Å². The number of hydrogen-bond acceptors (Lipinski definition) is 2. The monoisotopic (exact) mass is 278 g/mol. The zero-order chi connectivity index (χ0) is 11.9. The second-order valence-corrected chi connectivity index (χ2v) is 23.2. The molecule has 1 aliphatic rings. The summed E-state index contributed by atoms with van der Waals surface area (Å²) in [5.74, 6) is 0. The van der Waals surface area contributed by atoms with Crippen molar-refractivity contribution >= 4 is 34.9 Å². The van der Waals surface area contributed by atoms with E-state index in [0.717, 1.165) is 0 Å². The Balaban J connectivity index is 3.02. The van der Waals surface area contributed by atoms with Gasteiger partial charge in [0.15, 0.2) is 0 Å². The Morgan fingerprint density at radius 3 is 1.53 bits per heavy atom. The predicted molar refractivity (Wildman–Crippen MR) is 77.5 cm³/mol.